The van der Waals surface area contributed by atoms with E-state index in [1.165, 1.54) is 23.9 Å². The number of amides is 2. The van der Waals surface area contributed by atoms with Crippen molar-refractivity contribution in [3.8, 4) is 0 Å². The van der Waals surface area contributed by atoms with Crippen LogP contribution < -0.4 is 10.6 Å². The first-order chi connectivity index (χ1) is 13.3. The van der Waals surface area contributed by atoms with Crippen LogP contribution in [0.15, 0.2) is 52.3 Å². The summed E-state index contributed by atoms with van der Waals surface area (Å²) in [6, 6.07) is 12.1. The van der Waals surface area contributed by atoms with Gasteiger partial charge in [0.25, 0.3) is 0 Å². The highest BCUT2D eigenvalue weighted by Gasteiger charge is 2.25. The van der Waals surface area contributed by atoms with Crippen molar-refractivity contribution in [1.29, 1.82) is 0 Å². The third-order valence-electron chi connectivity index (χ3n) is 4.49. The summed E-state index contributed by atoms with van der Waals surface area (Å²) in [6.45, 7) is 3.46. The van der Waals surface area contributed by atoms with Crippen LogP contribution in [0.3, 0.4) is 0 Å². The molecular formula is C20H22N2O4S2. The minimum atomic E-state index is -3.69. The zero-order chi connectivity index (χ0) is 20.3. The van der Waals surface area contributed by atoms with E-state index in [0.29, 0.717) is 23.5 Å². The van der Waals surface area contributed by atoms with Crippen LogP contribution in [0, 0.1) is 12.8 Å². The third kappa shape index (κ3) is 4.74. The fraction of sp³-hybridized carbons (Fsp3) is 0.300. The summed E-state index contributed by atoms with van der Waals surface area (Å²) < 4.78 is 25.6. The van der Waals surface area contributed by atoms with Gasteiger partial charge in [0.2, 0.25) is 11.8 Å². The Morgan fingerprint density at radius 2 is 2.00 bits per heavy atom. The molecule has 148 valence electrons. The molecule has 6 nitrogen and oxygen atoms in total. The van der Waals surface area contributed by atoms with Crippen molar-refractivity contribution in [2.24, 2.45) is 5.92 Å². The first kappa shape index (κ1) is 20.4. The third-order valence-corrected chi connectivity index (χ3v) is 7.48. The number of anilines is 2. The van der Waals surface area contributed by atoms with Gasteiger partial charge in [-0.15, -0.1) is 11.8 Å². The maximum atomic E-state index is 12.8. The van der Waals surface area contributed by atoms with Crippen molar-refractivity contribution < 1.29 is 18.0 Å². The Morgan fingerprint density at radius 1 is 1.25 bits per heavy atom. The molecule has 0 saturated heterocycles. The summed E-state index contributed by atoms with van der Waals surface area (Å²) in [4.78, 5) is 25.2. The lowest BCUT2D eigenvalue weighted by molar-refractivity contribution is -0.119. The number of carbonyl (C=O) groups excluding carboxylic acids is 2. The highest BCUT2D eigenvalue weighted by atomic mass is 32.2. The number of nitrogens with one attached hydrogen (secondary N) is 2. The fourth-order valence-corrected chi connectivity index (χ4v) is 5.37. The zero-order valence-corrected chi connectivity index (χ0v) is 17.3. The largest absolute Gasteiger partial charge is 0.326 e. The molecule has 3 rings (SSSR count). The predicted molar refractivity (Wildman–Crippen MR) is 111 cm³/mol. The molecule has 1 unspecified atom stereocenters. The second-order valence-electron chi connectivity index (χ2n) is 6.79. The average molecular weight is 419 g/mol. The molecule has 0 saturated carbocycles. The standard InChI is InChI=1S/C20H22N2O4S2/c1-13-5-3-4-6-16(13)22-20(24)14(2)12-28(25,26)15-7-8-18-17(11-15)21-19(23)9-10-27-18/h3-8,11,14H,9-10,12H2,1-2H3,(H,21,23)(H,22,24). The molecule has 0 bridgehead atoms. The summed E-state index contributed by atoms with van der Waals surface area (Å²) in [6.07, 6.45) is 0.386. The van der Waals surface area contributed by atoms with Crippen LogP contribution in [0.2, 0.25) is 0 Å². The van der Waals surface area contributed by atoms with Crippen LogP contribution in [-0.4, -0.2) is 31.7 Å². The van der Waals surface area contributed by atoms with Crippen LogP contribution >= 0.6 is 11.8 Å². The van der Waals surface area contributed by atoms with Crippen molar-refractivity contribution >= 4 is 44.8 Å². The summed E-state index contributed by atoms with van der Waals surface area (Å²) in [5.74, 6) is -0.873. The van der Waals surface area contributed by atoms with E-state index in [9.17, 15) is 18.0 Å². The van der Waals surface area contributed by atoms with Gasteiger partial charge in [-0.1, -0.05) is 25.1 Å². The molecule has 2 aromatic carbocycles. The van der Waals surface area contributed by atoms with Crippen LogP contribution in [0.1, 0.15) is 18.9 Å². The number of rotatable bonds is 5. The molecule has 0 radical (unpaired) electrons. The number of sulfone groups is 1. The molecule has 1 aliphatic heterocycles. The van der Waals surface area contributed by atoms with Crippen molar-refractivity contribution in [3.05, 3.63) is 48.0 Å². The number of benzene rings is 2. The Morgan fingerprint density at radius 3 is 2.75 bits per heavy atom. The van der Waals surface area contributed by atoms with Gasteiger partial charge in [-0.2, -0.15) is 0 Å². The van der Waals surface area contributed by atoms with Gasteiger partial charge in [-0.3, -0.25) is 9.59 Å². The van der Waals surface area contributed by atoms with E-state index in [4.69, 9.17) is 0 Å². The van der Waals surface area contributed by atoms with Gasteiger partial charge in [0.15, 0.2) is 9.84 Å². The monoisotopic (exact) mass is 418 g/mol. The van der Waals surface area contributed by atoms with Gasteiger partial charge in [-0.25, -0.2) is 8.42 Å². The topological polar surface area (TPSA) is 92.3 Å². The van der Waals surface area contributed by atoms with E-state index in [1.807, 2.05) is 25.1 Å². The maximum absolute atomic E-state index is 12.8. The average Bonchev–Trinajstić information content (AvgIpc) is 2.83. The van der Waals surface area contributed by atoms with Crippen molar-refractivity contribution in [2.45, 2.75) is 30.1 Å². The predicted octanol–water partition coefficient (Wildman–Crippen LogP) is 3.48. The van der Waals surface area contributed by atoms with Crippen molar-refractivity contribution in [2.75, 3.05) is 22.1 Å². The zero-order valence-electron chi connectivity index (χ0n) is 15.7. The molecule has 28 heavy (non-hydrogen) atoms. The highest BCUT2D eigenvalue weighted by Crippen LogP contribution is 2.33. The fourth-order valence-electron chi connectivity index (χ4n) is 2.86. The molecule has 0 spiro atoms. The Balaban J connectivity index is 1.75. The minimum Gasteiger partial charge on any atom is -0.326 e. The van der Waals surface area contributed by atoms with E-state index < -0.39 is 15.8 Å². The van der Waals surface area contributed by atoms with E-state index in [0.717, 1.165) is 10.5 Å². The summed E-state index contributed by atoms with van der Waals surface area (Å²) in [7, 11) is -3.69. The van der Waals surface area contributed by atoms with Crippen molar-refractivity contribution in [3.63, 3.8) is 0 Å². The van der Waals surface area contributed by atoms with Crippen LogP contribution in [0.4, 0.5) is 11.4 Å². The van der Waals surface area contributed by atoms with Gasteiger partial charge in [0.1, 0.15) is 0 Å². The summed E-state index contributed by atoms with van der Waals surface area (Å²) >= 11 is 1.51. The van der Waals surface area contributed by atoms with Crippen molar-refractivity contribution in [1.82, 2.24) is 0 Å². The number of para-hydroxylation sites is 1. The molecule has 2 amide bonds. The Kier molecular flexibility index (Phi) is 6.10. The molecule has 1 atom stereocenters. The van der Waals surface area contributed by atoms with E-state index in [-0.39, 0.29) is 22.5 Å². The van der Waals surface area contributed by atoms with Gasteiger partial charge in [0, 0.05) is 28.7 Å². The number of thioether (sulfide) groups is 1. The van der Waals surface area contributed by atoms with Gasteiger partial charge < -0.3 is 10.6 Å². The highest BCUT2D eigenvalue weighted by molar-refractivity contribution is 7.99. The second kappa shape index (κ2) is 8.36. The maximum Gasteiger partial charge on any atom is 0.228 e. The molecule has 1 heterocycles. The summed E-state index contributed by atoms with van der Waals surface area (Å²) in [5, 5.41) is 5.53. The normalized spacial score (nSPS) is 15.1. The minimum absolute atomic E-state index is 0.101. The lowest BCUT2D eigenvalue weighted by atomic mass is 10.1. The summed E-state index contributed by atoms with van der Waals surface area (Å²) in [5.41, 5.74) is 2.08. The molecule has 0 aliphatic carbocycles. The SMILES string of the molecule is Cc1ccccc1NC(=O)C(C)CS(=O)(=O)c1ccc2c(c1)NC(=O)CCS2. The van der Waals surface area contributed by atoms with E-state index in [1.54, 1.807) is 19.1 Å². The van der Waals surface area contributed by atoms with Crippen LogP contribution in [0.25, 0.3) is 0 Å². The number of hydrogen-bond donors (Lipinski definition) is 2. The lowest BCUT2D eigenvalue weighted by Crippen LogP contribution is -2.27. The number of fused-ring (bicyclic) bond motifs is 1. The van der Waals surface area contributed by atoms with Gasteiger partial charge in [0.05, 0.1) is 16.3 Å². The molecule has 1 aliphatic rings. The molecular weight excluding hydrogens is 396 g/mol. The van der Waals surface area contributed by atoms with Crippen LogP contribution in [-0.2, 0) is 19.4 Å². The Labute approximate surface area is 169 Å². The Bertz CT molecular complexity index is 1020. The first-order valence-corrected chi connectivity index (χ1v) is 11.6. The number of carbonyl (C=O) groups is 2. The van der Waals surface area contributed by atoms with Crippen LogP contribution in [0.5, 0.6) is 0 Å². The van der Waals surface area contributed by atoms with E-state index >= 15 is 0 Å². The smallest absolute Gasteiger partial charge is 0.228 e. The Hall–Kier alpha value is -2.32. The second-order valence-corrected chi connectivity index (χ2v) is 9.96. The van der Waals surface area contributed by atoms with Gasteiger partial charge in [-0.05, 0) is 36.8 Å². The molecule has 2 aromatic rings. The quantitative estimate of drug-likeness (QED) is 0.776. The molecule has 8 heteroatoms. The first-order valence-electron chi connectivity index (χ1n) is 8.92. The van der Waals surface area contributed by atoms with Gasteiger partial charge >= 0.3 is 0 Å². The molecule has 0 aromatic heterocycles. The number of aryl methyl sites for hydroxylation is 1. The molecule has 0 fully saturated rings. The lowest BCUT2D eigenvalue weighted by Gasteiger charge is -2.15. The van der Waals surface area contributed by atoms with E-state index in [2.05, 4.69) is 10.6 Å². The number of hydrogen-bond acceptors (Lipinski definition) is 5. The molecule has 2 N–H and O–H groups in total.